The zero-order valence-corrected chi connectivity index (χ0v) is 15.2. The van der Waals surface area contributed by atoms with Crippen LogP contribution in [0.3, 0.4) is 0 Å². The van der Waals surface area contributed by atoms with Gasteiger partial charge in [-0.2, -0.15) is 0 Å². The Morgan fingerprint density at radius 2 is 1.88 bits per heavy atom. The van der Waals surface area contributed by atoms with Gasteiger partial charge in [-0.05, 0) is 36.1 Å². The highest BCUT2D eigenvalue weighted by molar-refractivity contribution is 5.92. The maximum atomic E-state index is 12.2. The molecule has 0 radical (unpaired) electrons. The Hall–Kier alpha value is -2.49. The molecule has 0 heterocycles. The monoisotopic (exact) mass is 341 g/mol. The molecule has 0 atom stereocenters. The fourth-order valence-electron chi connectivity index (χ4n) is 2.43. The number of para-hydroxylation sites is 1. The number of hydrogen-bond donors (Lipinski definition) is 1. The number of nitrogens with one attached hydrogen (secondary N) is 1. The van der Waals surface area contributed by atoms with Crippen LogP contribution in [-0.4, -0.2) is 19.1 Å². The number of benzene rings is 2. The molecule has 0 saturated carbocycles. The second kappa shape index (κ2) is 9.72. The third-order valence-corrected chi connectivity index (χ3v) is 3.78. The third kappa shape index (κ3) is 6.14. The van der Waals surface area contributed by atoms with E-state index < -0.39 is 0 Å². The van der Waals surface area contributed by atoms with E-state index in [4.69, 9.17) is 9.47 Å². The molecular formula is C21H27NO3. The lowest BCUT2D eigenvalue weighted by atomic mass is 10.0. The molecule has 0 aliphatic heterocycles. The van der Waals surface area contributed by atoms with Gasteiger partial charge < -0.3 is 14.8 Å². The van der Waals surface area contributed by atoms with E-state index in [1.165, 1.54) is 0 Å². The zero-order chi connectivity index (χ0) is 18.1. The van der Waals surface area contributed by atoms with E-state index in [1.807, 2.05) is 48.5 Å². The average Bonchev–Trinajstić information content (AvgIpc) is 2.61. The van der Waals surface area contributed by atoms with Crippen LogP contribution in [0.1, 0.15) is 45.1 Å². The number of carbonyl (C=O) groups is 1. The van der Waals surface area contributed by atoms with Gasteiger partial charge in [0.05, 0.1) is 6.61 Å². The van der Waals surface area contributed by atoms with Crippen LogP contribution in [0.2, 0.25) is 0 Å². The van der Waals surface area contributed by atoms with Gasteiger partial charge in [0.25, 0.3) is 5.91 Å². The van der Waals surface area contributed by atoms with Crippen molar-refractivity contribution in [2.24, 2.45) is 0 Å². The second-order valence-electron chi connectivity index (χ2n) is 6.26. The molecule has 0 unspecified atom stereocenters. The number of hydrogen-bond acceptors (Lipinski definition) is 3. The van der Waals surface area contributed by atoms with E-state index >= 15 is 0 Å². The normalized spacial score (nSPS) is 10.6. The SMILES string of the molecule is CCCCOc1cccc(NC(=O)COc2ccccc2C(C)C)c1. The smallest absolute Gasteiger partial charge is 0.262 e. The van der Waals surface area contributed by atoms with Crippen LogP contribution in [0.5, 0.6) is 11.5 Å². The van der Waals surface area contributed by atoms with Crippen LogP contribution < -0.4 is 14.8 Å². The summed E-state index contributed by atoms with van der Waals surface area (Å²) in [6, 6.07) is 15.2. The number of anilines is 1. The summed E-state index contributed by atoms with van der Waals surface area (Å²) in [4.78, 5) is 12.2. The van der Waals surface area contributed by atoms with Gasteiger partial charge in [-0.25, -0.2) is 0 Å². The first kappa shape index (κ1) is 18.8. The minimum absolute atomic E-state index is 0.0232. The molecule has 0 aliphatic rings. The molecule has 2 aromatic carbocycles. The lowest BCUT2D eigenvalue weighted by Gasteiger charge is -2.14. The summed E-state index contributed by atoms with van der Waals surface area (Å²) in [6.45, 7) is 6.99. The molecular weight excluding hydrogens is 314 g/mol. The summed E-state index contributed by atoms with van der Waals surface area (Å²) in [5.41, 5.74) is 1.81. The van der Waals surface area contributed by atoms with Gasteiger partial charge in [-0.1, -0.05) is 51.5 Å². The molecule has 0 aliphatic carbocycles. The van der Waals surface area contributed by atoms with Gasteiger partial charge in [-0.15, -0.1) is 0 Å². The first-order chi connectivity index (χ1) is 12.1. The maximum absolute atomic E-state index is 12.2. The largest absolute Gasteiger partial charge is 0.494 e. The minimum atomic E-state index is -0.190. The summed E-state index contributed by atoms with van der Waals surface area (Å²) in [6.07, 6.45) is 2.10. The van der Waals surface area contributed by atoms with E-state index in [0.29, 0.717) is 18.2 Å². The minimum Gasteiger partial charge on any atom is -0.494 e. The molecule has 134 valence electrons. The molecule has 4 nitrogen and oxygen atoms in total. The van der Waals surface area contributed by atoms with Crippen molar-refractivity contribution >= 4 is 11.6 Å². The van der Waals surface area contributed by atoms with Crippen LogP contribution in [-0.2, 0) is 4.79 Å². The number of rotatable bonds is 9. The summed E-state index contributed by atoms with van der Waals surface area (Å²) >= 11 is 0. The quantitative estimate of drug-likeness (QED) is 0.652. The Morgan fingerprint density at radius 3 is 2.64 bits per heavy atom. The molecule has 25 heavy (non-hydrogen) atoms. The lowest BCUT2D eigenvalue weighted by Crippen LogP contribution is -2.20. The van der Waals surface area contributed by atoms with E-state index in [2.05, 4.69) is 26.1 Å². The predicted molar refractivity (Wildman–Crippen MR) is 102 cm³/mol. The Kier molecular flexibility index (Phi) is 7.33. The maximum Gasteiger partial charge on any atom is 0.262 e. The van der Waals surface area contributed by atoms with E-state index in [1.54, 1.807) is 0 Å². The van der Waals surface area contributed by atoms with Crippen molar-refractivity contribution in [3.63, 3.8) is 0 Å². The fourth-order valence-corrected chi connectivity index (χ4v) is 2.43. The Morgan fingerprint density at radius 1 is 1.08 bits per heavy atom. The fraction of sp³-hybridized carbons (Fsp3) is 0.381. The van der Waals surface area contributed by atoms with Crippen LogP contribution in [0, 0.1) is 0 Å². The van der Waals surface area contributed by atoms with E-state index in [9.17, 15) is 4.79 Å². The third-order valence-electron chi connectivity index (χ3n) is 3.78. The number of carbonyl (C=O) groups excluding carboxylic acids is 1. The van der Waals surface area contributed by atoms with Gasteiger partial charge >= 0.3 is 0 Å². The molecule has 2 rings (SSSR count). The van der Waals surface area contributed by atoms with E-state index in [0.717, 1.165) is 29.9 Å². The van der Waals surface area contributed by atoms with Gasteiger partial charge in [0.1, 0.15) is 11.5 Å². The Balaban J connectivity index is 1.89. The van der Waals surface area contributed by atoms with Gasteiger partial charge in [0.15, 0.2) is 6.61 Å². The van der Waals surface area contributed by atoms with Crippen molar-refractivity contribution in [1.29, 1.82) is 0 Å². The van der Waals surface area contributed by atoms with Crippen molar-refractivity contribution in [3.8, 4) is 11.5 Å². The first-order valence-electron chi connectivity index (χ1n) is 8.84. The highest BCUT2D eigenvalue weighted by atomic mass is 16.5. The zero-order valence-electron chi connectivity index (χ0n) is 15.2. The highest BCUT2D eigenvalue weighted by Gasteiger charge is 2.09. The molecule has 0 aromatic heterocycles. The molecule has 2 aromatic rings. The van der Waals surface area contributed by atoms with Crippen molar-refractivity contribution < 1.29 is 14.3 Å². The van der Waals surface area contributed by atoms with E-state index in [-0.39, 0.29) is 12.5 Å². The molecule has 1 amide bonds. The van der Waals surface area contributed by atoms with Crippen molar-refractivity contribution in [2.45, 2.75) is 39.5 Å². The van der Waals surface area contributed by atoms with Crippen LogP contribution >= 0.6 is 0 Å². The van der Waals surface area contributed by atoms with Gasteiger partial charge in [-0.3, -0.25) is 4.79 Å². The highest BCUT2D eigenvalue weighted by Crippen LogP contribution is 2.25. The average molecular weight is 341 g/mol. The second-order valence-corrected chi connectivity index (χ2v) is 6.26. The molecule has 0 bridgehead atoms. The Labute approximate surface area is 150 Å². The van der Waals surface area contributed by atoms with Crippen LogP contribution in [0.15, 0.2) is 48.5 Å². The summed E-state index contributed by atoms with van der Waals surface area (Å²) in [5.74, 6) is 1.67. The van der Waals surface area contributed by atoms with Crippen molar-refractivity contribution in [1.82, 2.24) is 0 Å². The molecule has 1 N–H and O–H groups in total. The first-order valence-corrected chi connectivity index (χ1v) is 8.84. The number of ether oxygens (including phenoxy) is 2. The van der Waals surface area contributed by atoms with Crippen molar-refractivity contribution in [3.05, 3.63) is 54.1 Å². The summed E-state index contributed by atoms with van der Waals surface area (Å²) in [5, 5.41) is 2.85. The van der Waals surface area contributed by atoms with Crippen molar-refractivity contribution in [2.75, 3.05) is 18.5 Å². The van der Waals surface area contributed by atoms with Crippen LogP contribution in [0.25, 0.3) is 0 Å². The standard InChI is InChI=1S/C21H27NO3/c1-4-5-13-24-18-10-8-9-17(14-18)22-21(23)15-25-20-12-7-6-11-19(20)16(2)3/h6-12,14,16H,4-5,13,15H2,1-3H3,(H,22,23). The van der Waals surface area contributed by atoms with Gasteiger partial charge in [0.2, 0.25) is 0 Å². The lowest BCUT2D eigenvalue weighted by molar-refractivity contribution is -0.118. The molecule has 0 saturated heterocycles. The molecule has 4 heteroatoms. The predicted octanol–water partition coefficient (Wildman–Crippen LogP) is 5.01. The molecule has 0 spiro atoms. The molecule has 0 fully saturated rings. The Bertz CT molecular complexity index is 682. The number of amides is 1. The topological polar surface area (TPSA) is 47.6 Å². The summed E-state index contributed by atoms with van der Waals surface area (Å²) in [7, 11) is 0. The number of unbranched alkanes of at least 4 members (excludes halogenated alkanes) is 1. The van der Waals surface area contributed by atoms with Crippen LogP contribution in [0.4, 0.5) is 5.69 Å². The summed E-state index contributed by atoms with van der Waals surface area (Å²) < 4.78 is 11.4. The van der Waals surface area contributed by atoms with Gasteiger partial charge in [0, 0.05) is 11.8 Å².